The average Bonchev–Trinajstić information content (AvgIpc) is 3.11. The molecule has 0 saturated carbocycles. The quantitative estimate of drug-likeness (QED) is 0.246. The summed E-state index contributed by atoms with van der Waals surface area (Å²) in [5, 5.41) is -0.360. The molecule has 0 N–H and O–H groups in total. The van der Waals surface area contributed by atoms with Crippen LogP contribution in [0.5, 0.6) is 11.5 Å². The van der Waals surface area contributed by atoms with E-state index in [0.29, 0.717) is 32.6 Å². The van der Waals surface area contributed by atoms with Crippen LogP contribution in [0.3, 0.4) is 0 Å². The summed E-state index contributed by atoms with van der Waals surface area (Å²) < 4.78 is 26.9. The van der Waals surface area contributed by atoms with E-state index in [9.17, 15) is 14.0 Å². The van der Waals surface area contributed by atoms with Crippen molar-refractivity contribution in [2.75, 3.05) is 7.11 Å². The largest absolute Gasteiger partial charge is 0.493 e. The standard InChI is InChI=1S/C25H17Br2ClFNO4S/c1-33-19-10-15(21(26)22(27)23(19)34-13-14-6-3-2-4-7-14)11-20-24(31)30(25(32)35-20)12-16-17(28)8-5-9-18(16)29/h2-11H,12-13H2,1H3/b20-11-. The number of hydrogen-bond acceptors (Lipinski definition) is 5. The average molecular weight is 642 g/mol. The van der Waals surface area contributed by atoms with Crippen molar-refractivity contribution in [3.05, 3.63) is 96.0 Å². The number of halogens is 4. The van der Waals surface area contributed by atoms with Gasteiger partial charge in [0.15, 0.2) is 11.5 Å². The van der Waals surface area contributed by atoms with E-state index < -0.39 is 17.0 Å². The molecule has 3 aromatic carbocycles. The van der Waals surface area contributed by atoms with Crippen molar-refractivity contribution >= 4 is 72.4 Å². The van der Waals surface area contributed by atoms with E-state index in [1.54, 1.807) is 12.1 Å². The molecule has 1 aliphatic heterocycles. The van der Waals surface area contributed by atoms with E-state index >= 15 is 0 Å². The summed E-state index contributed by atoms with van der Waals surface area (Å²) in [4.78, 5) is 26.7. The Balaban J connectivity index is 1.61. The van der Waals surface area contributed by atoms with Gasteiger partial charge in [-0.2, -0.15) is 0 Å². The number of benzene rings is 3. The molecule has 1 fully saturated rings. The summed E-state index contributed by atoms with van der Waals surface area (Å²) in [6.45, 7) is 0.0764. The first-order valence-corrected chi connectivity index (χ1v) is 13.0. The molecule has 0 aliphatic carbocycles. The maximum Gasteiger partial charge on any atom is 0.293 e. The number of methoxy groups -OCH3 is 1. The van der Waals surface area contributed by atoms with Crippen molar-refractivity contribution < 1.29 is 23.5 Å². The zero-order valence-electron chi connectivity index (χ0n) is 18.2. The minimum atomic E-state index is -0.581. The summed E-state index contributed by atoms with van der Waals surface area (Å²) in [7, 11) is 1.51. The molecule has 0 radical (unpaired) electrons. The first-order valence-electron chi connectivity index (χ1n) is 10.2. The van der Waals surface area contributed by atoms with Crippen molar-refractivity contribution in [1.29, 1.82) is 0 Å². The second kappa shape index (κ2) is 11.2. The molecule has 1 aliphatic rings. The highest BCUT2D eigenvalue weighted by Gasteiger charge is 2.36. The number of nitrogens with zero attached hydrogens (tertiary/aromatic N) is 1. The Kier molecular flexibility index (Phi) is 8.21. The molecule has 0 bridgehead atoms. The van der Waals surface area contributed by atoms with Crippen LogP contribution in [0.25, 0.3) is 6.08 Å². The highest BCUT2D eigenvalue weighted by Crippen LogP contribution is 2.45. The molecule has 0 aromatic heterocycles. The molecular weight excluding hydrogens is 625 g/mol. The van der Waals surface area contributed by atoms with Crippen molar-refractivity contribution in [1.82, 2.24) is 4.90 Å². The van der Waals surface area contributed by atoms with E-state index in [-0.39, 0.29) is 22.0 Å². The molecule has 10 heteroatoms. The van der Waals surface area contributed by atoms with Crippen LogP contribution in [-0.2, 0) is 17.9 Å². The Morgan fingerprint density at radius 1 is 1.09 bits per heavy atom. The van der Waals surface area contributed by atoms with Crippen molar-refractivity contribution in [3.63, 3.8) is 0 Å². The van der Waals surface area contributed by atoms with Gasteiger partial charge in [-0.25, -0.2) is 4.39 Å². The molecule has 1 saturated heterocycles. The molecule has 0 spiro atoms. The monoisotopic (exact) mass is 639 g/mol. The predicted molar refractivity (Wildman–Crippen MR) is 142 cm³/mol. The Bertz CT molecular complexity index is 1320. The highest BCUT2D eigenvalue weighted by atomic mass is 79.9. The van der Waals surface area contributed by atoms with Gasteiger partial charge in [0.25, 0.3) is 11.1 Å². The van der Waals surface area contributed by atoms with E-state index in [1.165, 1.54) is 25.3 Å². The van der Waals surface area contributed by atoms with E-state index in [4.69, 9.17) is 21.1 Å². The number of hydrogen-bond donors (Lipinski definition) is 0. The van der Waals surface area contributed by atoms with Crippen molar-refractivity contribution in [2.45, 2.75) is 13.2 Å². The summed E-state index contributed by atoms with van der Waals surface area (Å²) in [5.74, 6) is -0.184. The third-order valence-electron chi connectivity index (χ3n) is 5.14. The summed E-state index contributed by atoms with van der Waals surface area (Å²) in [6, 6.07) is 15.6. The van der Waals surface area contributed by atoms with Gasteiger partial charge in [0.1, 0.15) is 12.4 Å². The number of amides is 2. The maximum absolute atomic E-state index is 14.2. The Morgan fingerprint density at radius 3 is 2.51 bits per heavy atom. The van der Waals surface area contributed by atoms with Crippen molar-refractivity contribution in [2.24, 2.45) is 0 Å². The summed E-state index contributed by atoms with van der Waals surface area (Å²) >= 11 is 13.9. The topological polar surface area (TPSA) is 55.8 Å². The fourth-order valence-corrected chi connectivity index (χ4v) is 5.34. The zero-order chi connectivity index (χ0) is 25.1. The third-order valence-corrected chi connectivity index (χ3v) is 8.54. The number of rotatable bonds is 7. The number of carbonyl (C=O) groups excluding carboxylic acids is 2. The zero-order valence-corrected chi connectivity index (χ0v) is 22.9. The highest BCUT2D eigenvalue weighted by molar-refractivity contribution is 9.13. The van der Waals surface area contributed by atoms with Gasteiger partial charge in [-0.1, -0.05) is 48.0 Å². The van der Waals surface area contributed by atoms with Crippen LogP contribution in [0.4, 0.5) is 9.18 Å². The lowest BCUT2D eigenvalue weighted by Gasteiger charge is -2.16. The first kappa shape index (κ1) is 25.8. The van der Waals surface area contributed by atoms with Gasteiger partial charge >= 0.3 is 0 Å². The molecule has 1 heterocycles. The molecule has 35 heavy (non-hydrogen) atoms. The predicted octanol–water partition coefficient (Wildman–Crippen LogP) is 7.83. The van der Waals surface area contributed by atoms with Crippen LogP contribution in [0, 0.1) is 5.82 Å². The van der Waals surface area contributed by atoms with Gasteiger partial charge in [-0.05, 0) is 79.0 Å². The number of imide groups is 1. The Labute approximate surface area is 227 Å². The second-order valence-corrected chi connectivity index (χ2v) is 10.4. The Hall–Kier alpha value is -2.33. The van der Waals surface area contributed by atoms with Gasteiger partial charge in [-0.15, -0.1) is 0 Å². The van der Waals surface area contributed by atoms with Crippen LogP contribution in [0.2, 0.25) is 5.02 Å². The van der Waals surface area contributed by atoms with E-state index in [1.807, 2.05) is 30.3 Å². The smallest absolute Gasteiger partial charge is 0.293 e. The van der Waals surface area contributed by atoms with Crippen LogP contribution >= 0.6 is 55.2 Å². The molecule has 3 aromatic rings. The molecule has 0 atom stereocenters. The number of thioether (sulfide) groups is 1. The van der Waals surface area contributed by atoms with E-state index in [2.05, 4.69) is 31.9 Å². The third kappa shape index (κ3) is 5.58. The van der Waals surface area contributed by atoms with Crippen LogP contribution < -0.4 is 9.47 Å². The summed E-state index contributed by atoms with van der Waals surface area (Å²) in [5.41, 5.74) is 1.67. The minimum Gasteiger partial charge on any atom is -0.493 e. The SMILES string of the molecule is COc1cc(/C=C2\SC(=O)N(Cc3c(F)cccc3Cl)C2=O)c(Br)c(Br)c1OCc1ccccc1. The lowest BCUT2D eigenvalue weighted by atomic mass is 10.1. The second-order valence-electron chi connectivity index (χ2n) is 7.37. The molecule has 5 nitrogen and oxygen atoms in total. The molecule has 2 amide bonds. The van der Waals surface area contributed by atoms with Crippen LogP contribution in [-0.4, -0.2) is 23.2 Å². The fourth-order valence-electron chi connectivity index (χ4n) is 3.34. The maximum atomic E-state index is 14.2. The lowest BCUT2D eigenvalue weighted by molar-refractivity contribution is -0.123. The number of ether oxygens (including phenoxy) is 2. The van der Waals surface area contributed by atoms with E-state index in [0.717, 1.165) is 22.2 Å². The minimum absolute atomic E-state index is 0.0863. The van der Waals surface area contributed by atoms with Crippen molar-refractivity contribution in [3.8, 4) is 11.5 Å². The fraction of sp³-hybridized carbons (Fsp3) is 0.120. The molecular formula is C25H17Br2ClFNO4S. The van der Waals surface area contributed by atoms with Gasteiger partial charge in [0.2, 0.25) is 0 Å². The van der Waals surface area contributed by atoms with Gasteiger partial charge in [-0.3, -0.25) is 14.5 Å². The normalized spacial score (nSPS) is 14.7. The van der Waals surface area contributed by atoms with Gasteiger partial charge in [0, 0.05) is 15.1 Å². The Morgan fingerprint density at radius 2 is 1.83 bits per heavy atom. The summed E-state index contributed by atoms with van der Waals surface area (Å²) in [6.07, 6.45) is 1.58. The van der Waals surface area contributed by atoms with Gasteiger partial charge in [0.05, 0.1) is 23.0 Å². The van der Waals surface area contributed by atoms with Crippen LogP contribution in [0.1, 0.15) is 16.7 Å². The van der Waals surface area contributed by atoms with Gasteiger partial charge < -0.3 is 9.47 Å². The molecule has 0 unspecified atom stereocenters. The molecule has 4 rings (SSSR count). The lowest BCUT2D eigenvalue weighted by Crippen LogP contribution is -2.28. The number of carbonyl (C=O) groups is 2. The first-order chi connectivity index (χ1) is 16.8. The molecule has 180 valence electrons. The van der Waals surface area contributed by atoms with Crippen LogP contribution in [0.15, 0.2) is 68.4 Å².